The molecule has 0 fully saturated rings. The molecule has 0 unspecified atom stereocenters. The minimum Gasteiger partial charge on any atom is -0.355 e. The Morgan fingerprint density at radius 2 is 1.63 bits per heavy atom. The smallest absolute Gasteiger partial charge is 0.253 e. The Morgan fingerprint density at radius 3 is 2.34 bits per heavy atom. The van der Waals surface area contributed by atoms with Crippen LogP contribution < -0.4 is 21.3 Å². The largest absolute Gasteiger partial charge is 0.355 e. The highest BCUT2D eigenvalue weighted by Crippen LogP contribution is 2.30. The lowest BCUT2D eigenvalue weighted by Crippen LogP contribution is -2.31. The van der Waals surface area contributed by atoms with Crippen LogP contribution in [0.2, 0.25) is 0 Å². The molecule has 4 aromatic rings. The minimum atomic E-state index is -0.473. The lowest BCUT2D eigenvalue weighted by Gasteiger charge is -2.16. The fourth-order valence-corrected chi connectivity index (χ4v) is 4.19. The van der Waals surface area contributed by atoms with Gasteiger partial charge < -0.3 is 26.2 Å². The number of halogens is 1. The van der Waals surface area contributed by atoms with Gasteiger partial charge in [0.2, 0.25) is 5.95 Å². The molecule has 0 aliphatic heterocycles. The van der Waals surface area contributed by atoms with Gasteiger partial charge in [0.25, 0.3) is 11.8 Å². The van der Waals surface area contributed by atoms with Gasteiger partial charge in [0, 0.05) is 37.5 Å². The molecule has 0 spiro atoms. The van der Waals surface area contributed by atoms with Crippen LogP contribution in [0.25, 0.3) is 11.1 Å². The average molecular weight is 556 g/mol. The average Bonchev–Trinajstić information content (AvgIpc) is 2.96. The molecule has 0 saturated heterocycles. The van der Waals surface area contributed by atoms with E-state index in [-0.39, 0.29) is 23.5 Å². The number of hydrogen-bond acceptors (Lipinski definition) is 7. The summed E-state index contributed by atoms with van der Waals surface area (Å²) in [6.07, 6.45) is 1.63. The van der Waals surface area contributed by atoms with E-state index in [1.54, 1.807) is 61.8 Å². The molecule has 0 bridgehead atoms. The van der Waals surface area contributed by atoms with Gasteiger partial charge >= 0.3 is 0 Å². The van der Waals surface area contributed by atoms with Gasteiger partial charge in [-0.1, -0.05) is 24.3 Å². The molecule has 1 heterocycles. The molecule has 0 saturated carbocycles. The minimum absolute atomic E-state index is 0.183. The van der Waals surface area contributed by atoms with Crippen LogP contribution in [0.3, 0.4) is 0 Å². The number of anilines is 4. The monoisotopic (exact) mass is 555 g/mol. The first kappa shape index (κ1) is 29.2. The van der Waals surface area contributed by atoms with Crippen LogP contribution in [0, 0.1) is 19.7 Å². The Morgan fingerprint density at radius 1 is 0.902 bits per heavy atom. The van der Waals surface area contributed by atoms with Crippen molar-refractivity contribution in [2.75, 3.05) is 44.9 Å². The van der Waals surface area contributed by atoms with Crippen molar-refractivity contribution >= 4 is 35.0 Å². The number of benzene rings is 3. The van der Waals surface area contributed by atoms with Crippen molar-refractivity contribution in [1.82, 2.24) is 25.5 Å². The van der Waals surface area contributed by atoms with Crippen LogP contribution in [0.15, 0.2) is 66.9 Å². The molecule has 0 aliphatic rings. The molecule has 4 rings (SSSR count). The molecule has 212 valence electrons. The number of carbonyl (C=O) groups is 2. The van der Waals surface area contributed by atoms with Gasteiger partial charge in [0.15, 0.2) is 0 Å². The summed E-state index contributed by atoms with van der Waals surface area (Å²) in [5, 5.41) is 11.7. The summed E-state index contributed by atoms with van der Waals surface area (Å²) in [6.45, 7) is 4.98. The Hall–Kier alpha value is -4.83. The van der Waals surface area contributed by atoms with E-state index in [1.807, 2.05) is 38.9 Å². The summed E-state index contributed by atoms with van der Waals surface area (Å²) in [7, 11) is 5.46. The fraction of sp³-hybridized carbons (Fsp3) is 0.226. The van der Waals surface area contributed by atoms with Crippen LogP contribution >= 0.6 is 0 Å². The SMILES string of the molecule is CNC(=O)c1ccc(-c2cc(F)c(Nc3ncc(C)c(Nc4ccccc4C(=O)NCCN(C)C)n3)cc2C)cc1. The van der Waals surface area contributed by atoms with Crippen molar-refractivity contribution in [3.63, 3.8) is 0 Å². The van der Waals surface area contributed by atoms with Crippen molar-refractivity contribution in [1.29, 1.82) is 0 Å². The third kappa shape index (κ3) is 7.23. The first-order chi connectivity index (χ1) is 19.7. The molecule has 0 radical (unpaired) electrons. The maximum absolute atomic E-state index is 15.2. The lowest BCUT2D eigenvalue weighted by atomic mass is 9.98. The molecular weight excluding hydrogens is 521 g/mol. The molecule has 2 amide bonds. The summed E-state index contributed by atoms with van der Waals surface area (Å²) in [5.74, 6) is -0.161. The zero-order chi connectivity index (χ0) is 29.5. The second kappa shape index (κ2) is 13.0. The van der Waals surface area contributed by atoms with Crippen LogP contribution in [-0.2, 0) is 0 Å². The van der Waals surface area contributed by atoms with E-state index in [0.717, 1.165) is 23.2 Å². The number of aromatic nitrogens is 2. The summed E-state index contributed by atoms with van der Waals surface area (Å²) in [4.78, 5) is 35.5. The number of para-hydroxylation sites is 1. The van der Waals surface area contributed by atoms with E-state index in [0.29, 0.717) is 34.7 Å². The van der Waals surface area contributed by atoms with Gasteiger partial charge in [-0.05, 0) is 81.0 Å². The van der Waals surface area contributed by atoms with Crippen LogP contribution in [0.5, 0.6) is 0 Å². The summed E-state index contributed by atoms with van der Waals surface area (Å²) >= 11 is 0. The van der Waals surface area contributed by atoms with Gasteiger partial charge in [0.05, 0.1) is 16.9 Å². The van der Waals surface area contributed by atoms with Crippen molar-refractivity contribution < 1.29 is 14.0 Å². The predicted octanol–water partition coefficient (Wildman–Crippen LogP) is 5.04. The summed E-state index contributed by atoms with van der Waals surface area (Å²) < 4.78 is 15.2. The highest BCUT2D eigenvalue weighted by Gasteiger charge is 2.15. The Labute approximate surface area is 239 Å². The Kier molecular flexibility index (Phi) is 9.26. The number of aryl methyl sites for hydroxylation is 2. The van der Waals surface area contributed by atoms with Crippen LogP contribution in [0.1, 0.15) is 31.8 Å². The maximum atomic E-state index is 15.2. The van der Waals surface area contributed by atoms with Crippen LogP contribution in [0.4, 0.5) is 27.5 Å². The van der Waals surface area contributed by atoms with Crippen LogP contribution in [-0.4, -0.2) is 60.9 Å². The summed E-state index contributed by atoms with van der Waals surface area (Å²) in [6, 6.07) is 17.3. The van der Waals surface area contributed by atoms with E-state index < -0.39 is 5.82 Å². The van der Waals surface area contributed by atoms with Crippen molar-refractivity contribution in [3.05, 3.63) is 94.9 Å². The van der Waals surface area contributed by atoms with E-state index in [2.05, 4.69) is 31.2 Å². The number of nitrogens with one attached hydrogen (secondary N) is 4. The van der Waals surface area contributed by atoms with Gasteiger partial charge in [-0.25, -0.2) is 9.37 Å². The molecule has 41 heavy (non-hydrogen) atoms. The zero-order valence-corrected chi connectivity index (χ0v) is 23.8. The highest BCUT2D eigenvalue weighted by molar-refractivity contribution is 6.00. The Bertz CT molecular complexity index is 1560. The van der Waals surface area contributed by atoms with E-state index in [9.17, 15) is 9.59 Å². The number of hydrogen-bond donors (Lipinski definition) is 4. The van der Waals surface area contributed by atoms with Gasteiger partial charge in [-0.15, -0.1) is 0 Å². The topological polar surface area (TPSA) is 111 Å². The molecule has 1 aromatic heterocycles. The van der Waals surface area contributed by atoms with Gasteiger partial charge in [-0.3, -0.25) is 9.59 Å². The number of amides is 2. The molecule has 3 aromatic carbocycles. The number of nitrogens with zero attached hydrogens (tertiary/aromatic N) is 3. The van der Waals surface area contributed by atoms with E-state index >= 15 is 4.39 Å². The number of carbonyl (C=O) groups excluding carboxylic acids is 2. The van der Waals surface area contributed by atoms with E-state index in [4.69, 9.17) is 0 Å². The third-order valence-corrected chi connectivity index (χ3v) is 6.49. The second-order valence-corrected chi connectivity index (χ2v) is 9.88. The molecule has 4 N–H and O–H groups in total. The predicted molar refractivity (Wildman–Crippen MR) is 161 cm³/mol. The number of likely N-dealkylation sites (N-methyl/N-ethyl adjacent to an activating group) is 1. The number of rotatable bonds is 10. The molecule has 0 atom stereocenters. The standard InChI is InChI=1S/C31H34FN7O2/c1-19-16-27(25(32)17-24(19)21-10-12-22(13-11-21)29(40)33-3)37-31-35-18-20(2)28(38-31)36-26-9-7-6-8-23(26)30(41)34-14-15-39(4)5/h6-13,16-18H,14-15H2,1-5H3,(H,33,40)(H,34,41)(H2,35,36,37,38). The lowest BCUT2D eigenvalue weighted by molar-refractivity contribution is 0.0947. The molecule has 10 heteroatoms. The molecule has 9 nitrogen and oxygen atoms in total. The first-order valence-corrected chi connectivity index (χ1v) is 13.2. The van der Waals surface area contributed by atoms with Crippen molar-refractivity contribution in [3.8, 4) is 11.1 Å². The normalized spacial score (nSPS) is 10.8. The zero-order valence-electron chi connectivity index (χ0n) is 23.8. The van der Waals surface area contributed by atoms with Crippen molar-refractivity contribution in [2.24, 2.45) is 0 Å². The fourth-order valence-electron chi connectivity index (χ4n) is 4.19. The Balaban J connectivity index is 1.54. The van der Waals surface area contributed by atoms with E-state index in [1.165, 1.54) is 6.07 Å². The summed E-state index contributed by atoms with van der Waals surface area (Å²) in [5.41, 5.74) is 4.93. The van der Waals surface area contributed by atoms with Gasteiger partial charge in [-0.2, -0.15) is 4.98 Å². The second-order valence-electron chi connectivity index (χ2n) is 9.88. The highest BCUT2D eigenvalue weighted by atomic mass is 19.1. The third-order valence-electron chi connectivity index (χ3n) is 6.49. The maximum Gasteiger partial charge on any atom is 0.253 e. The molecule has 0 aliphatic carbocycles. The molecular formula is C31H34FN7O2. The first-order valence-electron chi connectivity index (χ1n) is 13.2. The quantitative estimate of drug-likeness (QED) is 0.217. The van der Waals surface area contributed by atoms with Crippen molar-refractivity contribution in [2.45, 2.75) is 13.8 Å². The van der Waals surface area contributed by atoms with Gasteiger partial charge in [0.1, 0.15) is 11.6 Å².